The number of nitrogens with one attached hydrogen (secondary N) is 2. The fourth-order valence-corrected chi connectivity index (χ4v) is 6.92. The van der Waals surface area contributed by atoms with Crippen LogP contribution < -0.4 is 19.5 Å². The van der Waals surface area contributed by atoms with E-state index in [1.54, 1.807) is 36.4 Å². The molecule has 0 aromatic heterocycles. The molecule has 1 fully saturated rings. The van der Waals surface area contributed by atoms with Gasteiger partial charge in [-0.2, -0.15) is 4.31 Å². The van der Waals surface area contributed by atoms with Crippen molar-refractivity contribution < 1.29 is 31.1 Å². The van der Waals surface area contributed by atoms with Gasteiger partial charge in [-0.15, -0.1) is 0 Å². The van der Waals surface area contributed by atoms with Crippen LogP contribution in [0.3, 0.4) is 0 Å². The number of hydrogen-bond donors (Lipinski definition) is 2. The van der Waals surface area contributed by atoms with Gasteiger partial charge in [-0.3, -0.25) is 9.52 Å². The Hall–Kier alpha value is -3.32. The first-order valence-corrected chi connectivity index (χ1v) is 15.9. The van der Waals surface area contributed by atoms with Gasteiger partial charge in [0.25, 0.3) is 15.9 Å². The van der Waals surface area contributed by atoms with Gasteiger partial charge in [0, 0.05) is 25.3 Å². The average molecular weight is 608 g/mol. The Bertz CT molecular complexity index is 1540. The highest BCUT2D eigenvalue weighted by Crippen LogP contribution is 2.29. The zero-order valence-corrected chi connectivity index (χ0v) is 24.2. The van der Waals surface area contributed by atoms with E-state index in [9.17, 15) is 21.6 Å². The van der Waals surface area contributed by atoms with Crippen molar-refractivity contribution in [3.8, 4) is 11.5 Å². The van der Waals surface area contributed by atoms with E-state index in [4.69, 9.17) is 21.1 Å². The zero-order chi connectivity index (χ0) is 28.8. The largest absolute Gasteiger partial charge is 0.494 e. The quantitative estimate of drug-likeness (QED) is 0.318. The number of amides is 1. The summed E-state index contributed by atoms with van der Waals surface area (Å²) in [6.45, 7) is 3.24. The standard InChI is InChI=1S/C27H30ClN3O7S2/c1-2-37-22-9-7-21(8-10-22)30-39(33,34)24-13-14-26(25(28)17-24)38-19-27(32)29-18-20-5-11-23(12-6-20)40(35,36)31-15-3-4-16-31/h5-14,17,30H,2-4,15-16,18-19H2,1H3,(H,29,32). The Kier molecular flexibility index (Phi) is 9.56. The van der Waals surface area contributed by atoms with Gasteiger partial charge in [-0.25, -0.2) is 16.8 Å². The van der Waals surface area contributed by atoms with Crippen LogP contribution in [0.5, 0.6) is 11.5 Å². The summed E-state index contributed by atoms with van der Waals surface area (Å²) >= 11 is 6.23. The smallest absolute Gasteiger partial charge is 0.261 e. The molecule has 1 aliphatic rings. The summed E-state index contributed by atoms with van der Waals surface area (Å²) in [5.74, 6) is 0.340. The second kappa shape index (κ2) is 12.9. The van der Waals surface area contributed by atoms with Crippen molar-refractivity contribution in [3.63, 3.8) is 0 Å². The molecular formula is C27H30ClN3O7S2. The highest BCUT2D eigenvalue weighted by molar-refractivity contribution is 7.92. The minimum atomic E-state index is -3.92. The van der Waals surface area contributed by atoms with Crippen molar-refractivity contribution in [2.75, 3.05) is 31.0 Å². The minimum Gasteiger partial charge on any atom is -0.494 e. The molecule has 0 spiro atoms. The minimum absolute atomic E-state index is 0.0252. The fourth-order valence-electron chi connectivity index (χ4n) is 4.02. The summed E-state index contributed by atoms with van der Waals surface area (Å²) in [7, 11) is -7.41. The number of benzene rings is 3. The van der Waals surface area contributed by atoms with E-state index in [0.29, 0.717) is 31.1 Å². The van der Waals surface area contributed by atoms with Crippen LogP contribution in [-0.4, -0.2) is 53.4 Å². The topological polar surface area (TPSA) is 131 Å². The first-order chi connectivity index (χ1) is 19.1. The summed E-state index contributed by atoms with van der Waals surface area (Å²) in [6, 6.07) is 16.8. The number of anilines is 1. The van der Waals surface area contributed by atoms with Gasteiger partial charge in [0.05, 0.1) is 21.4 Å². The van der Waals surface area contributed by atoms with Gasteiger partial charge in [0.1, 0.15) is 11.5 Å². The number of sulfonamides is 2. The summed E-state index contributed by atoms with van der Waals surface area (Å²) in [5, 5.41) is 2.72. The normalized spacial score (nSPS) is 14.1. The van der Waals surface area contributed by atoms with Crippen LogP contribution in [0.4, 0.5) is 5.69 Å². The number of carbonyl (C=O) groups excluding carboxylic acids is 1. The summed E-state index contributed by atoms with van der Waals surface area (Å²) in [5.41, 5.74) is 1.08. The number of rotatable bonds is 12. The van der Waals surface area contributed by atoms with Gasteiger partial charge >= 0.3 is 0 Å². The van der Waals surface area contributed by atoms with Crippen molar-refractivity contribution >= 4 is 43.2 Å². The lowest BCUT2D eigenvalue weighted by atomic mass is 10.2. The highest BCUT2D eigenvalue weighted by atomic mass is 35.5. The van der Waals surface area contributed by atoms with Gasteiger partial charge in [0.2, 0.25) is 10.0 Å². The van der Waals surface area contributed by atoms with Crippen molar-refractivity contribution in [1.29, 1.82) is 0 Å². The summed E-state index contributed by atoms with van der Waals surface area (Å²) in [6.07, 6.45) is 1.73. The van der Waals surface area contributed by atoms with E-state index in [1.807, 2.05) is 6.92 Å². The molecule has 214 valence electrons. The second-order valence-electron chi connectivity index (χ2n) is 8.98. The molecule has 2 N–H and O–H groups in total. The maximum absolute atomic E-state index is 12.8. The molecule has 40 heavy (non-hydrogen) atoms. The molecule has 0 saturated carbocycles. The molecule has 0 radical (unpaired) electrons. The van der Waals surface area contributed by atoms with Crippen molar-refractivity contribution in [1.82, 2.24) is 9.62 Å². The van der Waals surface area contributed by atoms with Gasteiger partial charge in [-0.05, 0) is 79.9 Å². The van der Waals surface area contributed by atoms with Crippen LogP contribution in [0.1, 0.15) is 25.3 Å². The molecule has 3 aromatic carbocycles. The zero-order valence-electron chi connectivity index (χ0n) is 21.8. The lowest BCUT2D eigenvalue weighted by Crippen LogP contribution is -2.29. The van der Waals surface area contributed by atoms with Gasteiger partial charge in [-0.1, -0.05) is 23.7 Å². The Morgan fingerprint density at radius 2 is 1.55 bits per heavy atom. The number of carbonyl (C=O) groups is 1. The lowest BCUT2D eigenvalue weighted by molar-refractivity contribution is -0.123. The molecule has 10 nitrogen and oxygen atoms in total. The third kappa shape index (κ3) is 7.45. The maximum Gasteiger partial charge on any atom is 0.261 e. The SMILES string of the molecule is CCOc1ccc(NS(=O)(=O)c2ccc(OCC(=O)NCc3ccc(S(=O)(=O)N4CCCC4)cc3)c(Cl)c2)cc1. The predicted octanol–water partition coefficient (Wildman–Crippen LogP) is 4.02. The van der Waals surface area contributed by atoms with Crippen molar-refractivity contribution in [2.45, 2.75) is 36.1 Å². The molecule has 13 heteroatoms. The molecule has 1 amide bonds. The van der Waals surface area contributed by atoms with E-state index in [-0.39, 0.29) is 33.7 Å². The molecular weight excluding hydrogens is 578 g/mol. The molecule has 1 saturated heterocycles. The monoisotopic (exact) mass is 607 g/mol. The molecule has 1 aliphatic heterocycles. The average Bonchev–Trinajstić information content (AvgIpc) is 3.49. The summed E-state index contributed by atoms with van der Waals surface area (Å²) < 4.78 is 65.6. The Morgan fingerprint density at radius 1 is 0.900 bits per heavy atom. The molecule has 0 bridgehead atoms. The third-order valence-corrected chi connectivity index (χ3v) is 9.69. The fraction of sp³-hybridized carbons (Fsp3) is 0.296. The number of ether oxygens (including phenoxy) is 2. The first kappa shape index (κ1) is 29.7. The summed E-state index contributed by atoms with van der Waals surface area (Å²) in [4.78, 5) is 12.5. The van der Waals surface area contributed by atoms with Gasteiger partial charge < -0.3 is 14.8 Å². The molecule has 1 heterocycles. The highest BCUT2D eigenvalue weighted by Gasteiger charge is 2.27. The third-order valence-electron chi connectivity index (χ3n) is 6.11. The Balaban J connectivity index is 1.28. The van der Waals surface area contributed by atoms with Gasteiger partial charge in [0.15, 0.2) is 6.61 Å². The van der Waals surface area contributed by atoms with Crippen LogP contribution in [-0.2, 0) is 31.4 Å². The Morgan fingerprint density at radius 3 is 2.17 bits per heavy atom. The van der Waals surface area contributed by atoms with Crippen LogP contribution in [0, 0.1) is 0 Å². The van der Waals surface area contributed by atoms with Crippen molar-refractivity contribution in [2.24, 2.45) is 0 Å². The van der Waals surface area contributed by atoms with E-state index >= 15 is 0 Å². The number of halogens is 1. The molecule has 0 atom stereocenters. The lowest BCUT2D eigenvalue weighted by Gasteiger charge is -2.15. The molecule has 3 aromatic rings. The first-order valence-electron chi connectivity index (χ1n) is 12.6. The van der Waals surface area contributed by atoms with Crippen LogP contribution >= 0.6 is 11.6 Å². The molecule has 0 aliphatic carbocycles. The van der Waals surface area contributed by atoms with Crippen LogP contribution in [0.2, 0.25) is 5.02 Å². The van der Waals surface area contributed by atoms with E-state index < -0.39 is 26.0 Å². The number of nitrogens with zero attached hydrogens (tertiary/aromatic N) is 1. The van der Waals surface area contributed by atoms with Crippen LogP contribution in [0.15, 0.2) is 76.5 Å². The molecule has 4 rings (SSSR count). The molecule has 0 unspecified atom stereocenters. The predicted molar refractivity (Wildman–Crippen MR) is 152 cm³/mol. The van der Waals surface area contributed by atoms with E-state index in [2.05, 4.69) is 10.0 Å². The van der Waals surface area contributed by atoms with Crippen molar-refractivity contribution in [3.05, 3.63) is 77.3 Å². The van der Waals surface area contributed by atoms with E-state index in [1.165, 1.54) is 34.6 Å². The number of hydrogen-bond acceptors (Lipinski definition) is 7. The Labute approximate surface area is 239 Å². The van der Waals surface area contributed by atoms with Crippen LogP contribution in [0.25, 0.3) is 0 Å². The maximum atomic E-state index is 12.8. The van der Waals surface area contributed by atoms with E-state index in [0.717, 1.165) is 18.4 Å². The second-order valence-corrected chi connectivity index (χ2v) is 13.0.